The van der Waals surface area contributed by atoms with Crippen LogP contribution in [0.3, 0.4) is 0 Å². The number of nitrogens with two attached hydrogens (primary N) is 1. The van der Waals surface area contributed by atoms with Crippen LogP contribution >= 0.6 is 0 Å². The van der Waals surface area contributed by atoms with Crippen LogP contribution in [0.1, 0.15) is 40.0 Å². The number of hydrogen-bond donors (Lipinski definition) is 1. The van der Waals surface area contributed by atoms with Crippen molar-refractivity contribution in [1.29, 1.82) is 0 Å². The van der Waals surface area contributed by atoms with Crippen molar-refractivity contribution >= 4 is 5.97 Å². The monoisotopic (exact) mass is 245 g/mol. The van der Waals surface area contributed by atoms with E-state index in [1.165, 1.54) is 0 Å². The first-order chi connectivity index (χ1) is 8.10. The number of esters is 1. The molecule has 0 aliphatic rings. The van der Waals surface area contributed by atoms with Crippen LogP contribution in [0.4, 0.5) is 0 Å². The molecule has 0 aromatic heterocycles. The van der Waals surface area contributed by atoms with Gasteiger partial charge >= 0.3 is 5.97 Å². The Morgan fingerprint density at radius 2 is 1.94 bits per heavy atom. The predicted octanol–water partition coefficient (Wildman–Crippen LogP) is 1.97. The lowest BCUT2D eigenvalue weighted by Crippen LogP contribution is -2.22. The van der Waals surface area contributed by atoms with Crippen molar-refractivity contribution in [1.82, 2.24) is 0 Å². The average Bonchev–Trinajstić information content (AvgIpc) is 2.27. The molecule has 102 valence electrons. The van der Waals surface area contributed by atoms with Crippen LogP contribution in [0, 0.1) is 11.8 Å². The molecule has 0 amide bonds. The molecule has 4 nitrogen and oxygen atoms in total. The highest BCUT2D eigenvalue weighted by Gasteiger charge is 2.14. The third-order valence-electron chi connectivity index (χ3n) is 2.43. The molecular weight excluding hydrogens is 218 g/mol. The van der Waals surface area contributed by atoms with E-state index in [4.69, 9.17) is 15.2 Å². The number of carbonyl (C=O) groups excluding carboxylic acids is 1. The van der Waals surface area contributed by atoms with E-state index in [0.29, 0.717) is 32.1 Å². The lowest BCUT2D eigenvalue weighted by Gasteiger charge is -2.16. The third kappa shape index (κ3) is 10.3. The van der Waals surface area contributed by atoms with Gasteiger partial charge in [-0.15, -0.1) is 0 Å². The molecule has 0 rings (SSSR count). The third-order valence-corrected chi connectivity index (χ3v) is 2.43. The Morgan fingerprint density at radius 1 is 1.24 bits per heavy atom. The topological polar surface area (TPSA) is 61.5 Å². The molecule has 0 aromatic carbocycles. The van der Waals surface area contributed by atoms with E-state index in [1.807, 2.05) is 6.92 Å². The lowest BCUT2D eigenvalue weighted by atomic mass is 9.94. The minimum atomic E-state index is -0.166. The zero-order valence-electron chi connectivity index (χ0n) is 11.4. The second-order valence-corrected chi connectivity index (χ2v) is 4.77. The van der Waals surface area contributed by atoms with Gasteiger partial charge in [-0.25, -0.2) is 0 Å². The van der Waals surface area contributed by atoms with E-state index < -0.39 is 0 Å². The van der Waals surface area contributed by atoms with Crippen LogP contribution in [0.2, 0.25) is 0 Å². The van der Waals surface area contributed by atoms with Gasteiger partial charge in [-0.2, -0.15) is 0 Å². The highest BCUT2D eigenvalue weighted by molar-refractivity contribution is 5.69. The normalized spacial score (nSPS) is 12.8. The van der Waals surface area contributed by atoms with Gasteiger partial charge in [0.25, 0.3) is 0 Å². The molecule has 0 saturated carbocycles. The summed E-state index contributed by atoms with van der Waals surface area (Å²) in [5.74, 6) is 0.629. The van der Waals surface area contributed by atoms with Crippen molar-refractivity contribution < 1.29 is 14.3 Å². The van der Waals surface area contributed by atoms with Gasteiger partial charge in [0.05, 0.1) is 6.61 Å². The maximum absolute atomic E-state index is 11.5. The molecule has 0 radical (unpaired) electrons. The van der Waals surface area contributed by atoms with Crippen molar-refractivity contribution in [3.63, 3.8) is 0 Å². The first-order valence-electron chi connectivity index (χ1n) is 6.53. The first kappa shape index (κ1) is 16.4. The smallest absolute Gasteiger partial charge is 0.306 e. The van der Waals surface area contributed by atoms with Crippen molar-refractivity contribution in [2.75, 3.05) is 26.4 Å². The second kappa shape index (κ2) is 10.5. The SMILES string of the molecule is CCCOCCOC(=O)C[C@@H](CN)CC(C)C. The van der Waals surface area contributed by atoms with Crippen LogP contribution in [0.5, 0.6) is 0 Å². The minimum absolute atomic E-state index is 0.166. The lowest BCUT2D eigenvalue weighted by molar-refractivity contribution is -0.146. The average molecular weight is 245 g/mol. The molecule has 0 spiro atoms. The summed E-state index contributed by atoms with van der Waals surface area (Å²) in [5, 5.41) is 0. The van der Waals surface area contributed by atoms with Crippen LogP contribution in [-0.4, -0.2) is 32.3 Å². The van der Waals surface area contributed by atoms with Crippen molar-refractivity contribution in [3.8, 4) is 0 Å². The molecule has 17 heavy (non-hydrogen) atoms. The predicted molar refractivity (Wildman–Crippen MR) is 68.7 cm³/mol. The second-order valence-electron chi connectivity index (χ2n) is 4.77. The van der Waals surface area contributed by atoms with Gasteiger partial charge in [0.2, 0.25) is 0 Å². The van der Waals surface area contributed by atoms with E-state index in [9.17, 15) is 4.79 Å². The Kier molecular flexibility index (Phi) is 10.2. The summed E-state index contributed by atoms with van der Waals surface area (Å²) < 4.78 is 10.3. The van der Waals surface area contributed by atoms with E-state index in [0.717, 1.165) is 19.4 Å². The fourth-order valence-corrected chi connectivity index (χ4v) is 1.69. The van der Waals surface area contributed by atoms with Crippen molar-refractivity contribution in [2.24, 2.45) is 17.6 Å². The number of hydrogen-bond acceptors (Lipinski definition) is 4. The Morgan fingerprint density at radius 3 is 2.47 bits per heavy atom. The Bertz CT molecular complexity index is 195. The Balaban J connectivity index is 3.61. The van der Waals surface area contributed by atoms with Gasteiger partial charge in [0.15, 0.2) is 0 Å². The molecule has 0 aliphatic heterocycles. The van der Waals surface area contributed by atoms with Crippen LogP contribution in [0.25, 0.3) is 0 Å². The summed E-state index contributed by atoms with van der Waals surface area (Å²) in [4.78, 5) is 11.5. The number of rotatable bonds is 10. The Labute approximate surface area is 105 Å². The molecule has 0 aromatic rings. The van der Waals surface area contributed by atoms with Crippen LogP contribution in [0.15, 0.2) is 0 Å². The fraction of sp³-hybridized carbons (Fsp3) is 0.923. The minimum Gasteiger partial charge on any atom is -0.463 e. The van der Waals surface area contributed by atoms with Gasteiger partial charge in [-0.3, -0.25) is 4.79 Å². The van der Waals surface area contributed by atoms with E-state index in [2.05, 4.69) is 13.8 Å². The molecule has 0 aliphatic carbocycles. The highest BCUT2D eigenvalue weighted by atomic mass is 16.6. The highest BCUT2D eigenvalue weighted by Crippen LogP contribution is 2.14. The molecule has 0 bridgehead atoms. The quantitative estimate of drug-likeness (QED) is 0.472. The van der Waals surface area contributed by atoms with E-state index >= 15 is 0 Å². The molecular formula is C13H27NO3. The summed E-state index contributed by atoms with van der Waals surface area (Å²) in [7, 11) is 0. The summed E-state index contributed by atoms with van der Waals surface area (Å²) in [6.07, 6.45) is 2.37. The standard InChI is InChI=1S/C13H27NO3/c1-4-5-16-6-7-17-13(15)9-12(10-14)8-11(2)3/h11-12H,4-10,14H2,1-3H3/t12-/m0/s1. The molecule has 0 unspecified atom stereocenters. The maximum atomic E-state index is 11.5. The zero-order chi connectivity index (χ0) is 13.1. The van der Waals surface area contributed by atoms with Gasteiger partial charge < -0.3 is 15.2 Å². The molecule has 0 heterocycles. The van der Waals surface area contributed by atoms with E-state index in [1.54, 1.807) is 0 Å². The van der Waals surface area contributed by atoms with Crippen LogP contribution in [-0.2, 0) is 14.3 Å². The largest absolute Gasteiger partial charge is 0.463 e. The molecule has 4 heteroatoms. The molecule has 0 saturated heterocycles. The van der Waals surface area contributed by atoms with Gasteiger partial charge in [0, 0.05) is 13.0 Å². The zero-order valence-corrected chi connectivity index (χ0v) is 11.4. The van der Waals surface area contributed by atoms with E-state index in [-0.39, 0.29) is 11.9 Å². The summed E-state index contributed by atoms with van der Waals surface area (Å²) >= 11 is 0. The Hall–Kier alpha value is -0.610. The van der Waals surface area contributed by atoms with Gasteiger partial charge in [-0.1, -0.05) is 20.8 Å². The summed E-state index contributed by atoms with van der Waals surface area (Å²) in [5.41, 5.74) is 5.63. The van der Waals surface area contributed by atoms with Gasteiger partial charge in [-0.05, 0) is 31.2 Å². The van der Waals surface area contributed by atoms with Crippen molar-refractivity contribution in [2.45, 2.75) is 40.0 Å². The molecule has 0 fully saturated rings. The molecule has 2 N–H and O–H groups in total. The van der Waals surface area contributed by atoms with Crippen LogP contribution < -0.4 is 5.73 Å². The summed E-state index contributed by atoms with van der Waals surface area (Å²) in [6.45, 7) is 8.40. The maximum Gasteiger partial charge on any atom is 0.306 e. The fourth-order valence-electron chi connectivity index (χ4n) is 1.69. The summed E-state index contributed by atoms with van der Waals surface area (Å²) in [6, 6.07) is 0. The number of ether oxygens (including phenoxy) is 2. The molecule has 1 atom stereocenters. The number of carbonyl (C=O) groups is 1. The van der Waals surface area contributed by atoms with Gasteiger partial charge in [0.1, 0.15) is 6.61 Å². The first-order valence-corrected chi connectivity index (χ1v) is 6.53. The van der Waals surface area contributed by atoms with Crippen molar-refractivity contribution in [3.05, 3.63) is 0 Å².